The van der Waals surface area contributed by atoms with Crippen LogP contribution in [0.25, 0.3) is 11.1 Å². The van der Waals surface area contributed by atoms with Crippen LogP contribution in [0.1, 0.15) is 29.5 Å². The molecule has 0 spiro atoms. The zero-order chi connectivity index (χ0) is 24.6. The fourth-order valence-corrected chi connectivity index (χ4v) is 3.63. The summed E-state index contributed by atoms with van der Waals surface area (Å²) in [6.45, 7) is -0.749. The van der Waals surface area contributed by atoms with E-state index in [1.54, 1.807) is 6.07 Å². The summed E-state index contributed by atoms with van der Waals surface area (Å²) in [6, 6.07) is 22.1. The highest BCUT2D eigenvalue weighted by Crippen LogP contribution is 2.37. The molecule has 0 aliphatic carbocycles. The van der Waals surface area contributed by atoms with Crippen molar-refractivity contribution in [1.82, 2.24) is 0 Å². The maximum absolute atomic E-state index is 13.6. The van der Waals surface area contributed by atoms with Crippen LogP contribution in [0.2, 0.25) is 0 Å². The largest absolute Gasteiger partial charge is 0.493 e. The number of benzene rings is 3. The number of aryl methyl sites for hydroxylation is 2. The molecule has 0 fully saturated rings. The Bertz CT molecular complexity index is 1040. The highest BCUT2D eigenvalue weighted by Gasteiger charge is 2.35. The van der Waals surface area contributed by atoms with E-state index in [1.165, 1.54) is 6.07 Å². The van der Waals surface area contributed by atoms with Crippen LogP contribution >= 0.6 is 12.4 Å². The van der Waals surface area contributed by atoms with Crippen molar-refractivity contribution in [2.24, 2.45) is 5.73 Å². The summed E-state index contributed by atoms with van der Waals surface area (Å²) in [7, 11) is 0. The molecule has 3 aromatic carbocycles. The Morgan fingerprint density at radius 3 is 1.97 bits per heavy atom. The minimum atomic E-state index is -4.56. The molecule has 190 valence electrons. The predicted octanol–water partition coefficient (Wildman–Crippen LogP) is 5.42. The van der Waals surface area contributed by atoms with E-state index in [-0.39, 0.29) is 37.6 Å². The third kappa shape index (κ3) is 8.25. The van der Waals surface area contributed by atoms with E-state index < -0.39 is 30.5 Å². The van der Waals surface area contributed by atoms with Crippen LogP contribution in [0.15, 0.2) is 72.8 Å². The maximum atomic E-state index is 13.6. The van der Waals surface area contributed by atoms with Gasteiger partial charge in [-0.25, -0.2) is 0 Å². The molecule has 0 aromatic heterocycles. The second-order valence-corrected chi connectivity index (χ2v) is 8.52. The molecule has 35 heavy (non-hydrogen) atoms. The maximum Gasteiger partial charge on any atom is 0.419 e. The number of halogens is 4. The molecule has 3 aromatic rings. The normalized spacial score (nSPS) is 11.7. The van der Waals surface area contributed by atoms with Crippen molar-refractivity contribution in [2.75, 3.05) is 19.8 Å². The monoisotopic (exact) mass is 509 g/mol. The van der Waals surface area contributed by atoms with Gasteiger partial charge in [-0.05, 0) is 60.1 Å². The first-order chi connectivity index (χ1) is 16.2. The van der Waals surface area contributed by atoms with Gasteiger partial charge in [0, 0.05) is 0 Å². The Hall–Kier alpha value is -2.58. The molecule has 0 amide bonds. The molecule has 4 N–H and O–H groups in total. The Kier molecular flexibility index (Phi) is 10.6. The molecule has 3 rings (SSSR count). The molecule has 0 unspecified atom stereocenters. The number of aliphatic hydroxyl groups excluding tert-OH is 2. The molecule has 0 bridgehead atoms. The van der Waals surface area contributed by atoms with E-state index in [2.05, 4.69) is 0 Å². The second-order valence-electron chi connectivity index (χ2n) is 8.52. The van der Waals surface area contributed by atoms with E-state index in [1.807, 2.05) is 54.6 Å². The Morgan fingerprint density at radius 2 is 1.37 bits per heavy atom. The standard InChI is InChI=1S/C27H30F3NO3.ClH/c28-27(29,30)24-17-21(14-15-26(31,18-32)19-33)10-13-25(24)34-16-4-5-20-8-11-23(12-9-20)22-6-2-1-3-7-22;/h1-3,6-13,17,32-33H,4-5,14-16,18-19,31H2;1H. The summed E-state index contributed by atoms with van der Waals surface area (Å²) in [6.07, 6.45) is -2.95. The van der Waals surface area contributed by atoms with Crippen LogP contribution in [0, 0.1) is 0 Å². The predicted molar refractivity (Wildman–Crippen MR) is 134 cm³/mol. The summed E-state index contributed by atoms with van der Waals surface area (Å²) >= 11 is 0. The van der Waals surface area contributed by atoms with Gasteiger partial charge in [0.05, 0.1) is 30.9 Å². The first kappa shape index (κ1) is 28.7. The summed E-state index contributed by atoms with van der Waals surface area (Å²) in [5.74, 6) is -0.209. The van der Waals surface area contributed by atoms with Crippen molar-refractivity contribution >= 4 is 12.4 Å². The van der Waals surface area contributed by atoms with Gasteiger partial charge < -0.3 is 20.7 Å². The van der Waals surface area contributed by atoms with E-state index in [4.69, 9.17) is 10.5 Å². The summed E-state index contributed by atoms with van der Waals surface area (Å²) in [5, 5.41) is 18.5. The van der Waals surface area contributed by atoms with E-state index >= 15 is 0 Å². The number of hydrogen-bond donors (Lipinski definition) is 3. The summed E-state index contributed by atoms with van der Waals surface area (Å²) < 4.78 is 46.3. The van der Waals surface area contributed by atoms with Gasteiger partial charge in [-0.2, -0.15) is 13.2 Å². The Labute approximate surface area is 210 Å². The topological polar surface area (TPSA) is 75.7 Å². The van der Waals surface area contributed by atoms with E-state index in [0.717, 1.165) is 22.8 Å². The lowest BCUT2D eigenvalue weighted by Gasteiger charge is -2.24. The highest BCUT2D eigenvalue weighted by atomic mass is 35.5. The van der Waals surface area contributed by atoms with Crippen molar-refractivity contribution in [3.05, 3.63) is 89.5 Å². The lowest BCUT2D eigenvalue weighted by Crippen LogP contribution is -2.47. The Balaban J connectivity index is 0.00000432. The van der Waals surface area contributed by atoms with Crippen molar-refractivity contribution in [3.8, 4) is 16.9 Å². The average Bonchev–Trinajstić information content (AvgIpc) is 2.86. The first-order valence-electron chi connectivity index (χ1n) is 11.2. The fourth-order valence-electron chi connectivity index (χ4n) is 3.63. The van der Waals surface area contributed by atoms with Crippen LogP contribution in [0.5, 0.6) is 5.75 Å². The van der Waals surface area contributed by atoms with Crippen LogP contribution in [-0.2, 0) is 19.0 Å². The van der Waals surface area contributed by atoms with Crippen LogP contribution in [0.4, 0.5) is 13.2 Å². The van der Waals surface area contributed by atoms with Gasteiger partial charge in [0.1, 0.15) is 5.75 Å². The van der Waals surface area contributed by atoms with Gasteiger partial charge in [0.2, 0.25) is 0 Å². The molecule has 0 saturated heterocycles. The van der Waals surface area contributed by atoms with Gasteiger partial charge in [0.15, 0.2) is 0 Å². The minimum Gasteiger partial charge on any atom is -0.493 e. The van der Waals surface area contributed by atoms with E-state index in [9.17, 15) is 23.4 Å². The lowest BCUT2D eigenvalue weighted by atomic mass is 9.93. The molecule has 0 radical (unpaired) electrons. The molecular weight excluding hydrogens is 479 g/mol. The molecule has 0 atom stereocenters. The van der Waals surface area contributed by atoms with Crippen molar-refractivity contribution in [3.63, 3.8) is 0 Å². The van der Waals surface area contributed by atoms with Crippen LogP contribution in [-0.4, -0.2) is 35.6 Å². The van der Waals surface area contributed by atoms with Crippen molar-refractivity contribution < 1.29 is 28.1 Å². The Morgan fingerprint density at radius 1 is 0.771 bits per heavy atom. The van der Waals surface area contributed by atoms with Crippen molar-refractivity contribution in [1.29, 1.82) is 0 Å². The molecule has 0 heterocycles. The molecule has 0 aliphatic heterocycles. The third-order valence-corrected chi connectivity index (χ3v) is 5.82. The van der Waals surface area contributed by atoms with Gasteiger partial charge in [-0.1, -0.05) is 60.7 Å². The lowest BCUT2D eigenvalue weighted by molar-refractivity contribution is -0.139. The molecule has 8 heteroatoms. The van der Waals surface area contributed by atoms with Gasteiger partial charge >= 0.3 is 6.18 Å². The van der Waals surface area contributed by atoms with Crippen molar-refractivity contribution in [2.45, 2.75) is 37.4 Å². The smallest absolute Gasteiger partial charge is 0.419 e. The van der Waals surface area contributed by atoms with Gasteiger partial charge in [-0.15, -0.1) is 12.4 Å². The van der Waals surface area contributed by atoms with Crippen LogP contribution < -0.4 is 10.5 Å². The molecule has 4 nitrogen and oxygen atoms in total. The molecular formula is C27H31ClF3NO3. The van der Waals surface area contributed by atoms with E-state index in [0.29, 0.717) is 18.4 Å². The molecule has 0 saturated carbocycles. The zero-order valence-corrected chi connectivity index (χ0v) is 20.1. The van der Waals surface area contributed by atoms with Gasteiger partial charge in [0.25, 0.3) is 0 Å². The van der Waals surface area contributed by atoms with Crippen LogP contribution in [0.3, 0.4) is 0 Å². The zero-order valence-electron chi connectivity index (χ0n) is 19.3. The number of ether oxygens (including phenoxy) is 1. The number of alkyl halides is 3. The summed E-state index contributed by atoms with van der Waals surface area (Å²) in [5.41, 5.74) is 7.49. The SMILES string of the molecule is Cl.NC(CO)(CO)CCc1ccc(OCCCc2ccc(-c3ccccc3)cc2)c(C(F)(F)F)c1. The minimum absolute atomic E-state index is 0. The quantitative estimate of drug-likeness (QED) is 0.302. The fraction of sp³-hybridized carbons (Fsp3) is 0.333. The number of nitrogens with two attached hydrogens (primary N) is 1. The number of aliphatic hydroxyl groups is 2. The first-order valence-corrected chi connectivity index (χ1v) is 11.2. The third-order valence-electron chi connectivity index (χ3n) is 5.82. The second kappa shape index (κ2) is 12.9. The number of rotatable bonds is 11. The number of hydrogen-bond acceptors (Lipinski definition) is 4. The van der Waals surface area contributed by atoms with Gasteiger partial charge in [-0.3, -0.25) is 0 Å². The average molecular weight is 510 g/mol. The molecule has 0 aliphatic rings. The summed E-state index contributed by atoms with van der Waals surface area (Å²) in [4.78, 5) is 0. The highest BCUT2D eigenvalue weighted by molar-refractivity contribution is 5.85.